The fourth-order valence-corrected chi connectivity index (χ4v) is 2.09. The van der Waals surface area contributed by atoms with Crippen molar-refractivity contribution < 1.29 is 14.3 Å². The number of hydrogen-bond acceptors (Lipinski definition) is 4. The third kappa shape index (κ3) is 3.43. The average Bonchev–Trinajstić information content (AvgIpc) is 2.38. The largest absolute Gasteiger partial charge is 0.376 e. The monoisotopic (exact) mass is 228 g/mol. The Morgan fingerprint density at radius 1 is 1.44 bits per heavy atom. The van der Waals surface area contributed by atoms with E-state index in [0.29, 0.717) is 26.4 Å². The molecule has 0 aromatic rings. The maximum atomic E-state index is 11.8. The van der Waals surface area contributed by atoms with Crippen LogP contribution in [-0.4, -0.2) is 51.5 Å². The Morgan fingerprint density at radius 2 is 2.38 bits per heavy atom. The molecule has 0 aromatic carbocycles. The summed E-state index contributed by atoms with van der Waals surface area (Å²) in [6.45, 7) is 4.28. The first kappa shape index (κ1) is 11.8. The number of rotatable bonds is 3. The molecule has 1 amide bonds. The second-order valence-corrected chi connectivity index (χ2v) is 4.36. The van der Waals surface area contributed by atoms with Crippen molar-refractivity contribution in [1.29, 1.82) is 0 Å². The van der Waals surface area contributed by atoms with Gasteiger partial charge in [0.15, 0.2) is 0 Å². The van der Waals surface area contributed by atoms with E-state index in [0.717, 1.165) is 25.9 Å². The van der Waals surface area contributed by atoms with Gasteiger partial charge in [-0.05, 0) is 19.4 Å². The number of carbonyl (C=O) groups excluding carboxylic acids is 1. The molecule has 2 aliphatic rings. The molecule has 2 heterocycles. The number of amides is 1. The predicted molar refractivity (Wildman–Crippen MR) is 59.2 cm³/mol. The highest BCUT2D eigenvalue weighted by atomic mass is 16.6. The van der Waals surface area contributed by atoms with Gasteiger partial charge in [-0.25, -0.2) is 0 Å². The maximum absolute atomic E-state index is 11.8. The Kier molecular flexibility index (Phi) is 4.56. The van der Waals surface area contributed by atoms with Crippen molar-refractivity contribution in [3.05, 3.63) is 0 Å². The summed E-state index contributed by atoms with van der Waals surface area (Å²) in [4.78, 5) is 11.8. The molecule has 16 heavy (non-hydrogen) atoms. The van der Waals surface area contributed by atoms with Crippen molar-refractivity contribution in [2.24, 2.45) is 5.92 Å². The van der Waals surface area contributed by atoms with E-state index in [9.17, 15) is 4.79 Å². The van der Waals surface area contributed by atoms with Gasteiger partial charge in [-0.3, -0.25) is 4.79 Å². The maximum Gasteiger partial charge on any atom is 0.224 e. The van der Waals surface area contributed by atoms with Gasteiger partial charge in [-0.2, -0.15) is 0 Å². The topological polar surface area (TPSA) is 59.6 Å². The third-order valence-corrected chi connectivity index (χ3v) is 3.06. The zero-order valence-electron chi connectivity index (χ0n) is 9.54. The minimum atomic E-state index is 0.0225. The van der Waals surface area contributed by atoms with Crippen LogP contribution in [0, 0.1) is 5.92 Å². The normalized spacial score (nSPS) is 31.0. The molecule has 0 unspecified atom stereocenters. The molecule has 0 bridgehead atoms. The van der Waals surface area contributed by atoms with E-state index < -0.39 is 0 Å². The number of nitrogens with one attached hydrogen (secondary N) is 2. The number of ether oxygens (including phenoxy) is 2. The molecule has 2 rings (SSSR count). The van der Waals surface area contributed by atoms with E-state index >= 15 is 0 Å². The summed E-state index contributed by atoms with van der Waals surface area (Å²) in [5.41, 5.74) is 0. The van der Waals surface area contributed by atoms with Gasteiger partial charge >= 0.3 is 0 Å². The van der Waals surface area contributed by atoms with Crippen LogP contribution in [0.2, 0.25) is 0 Å². The van der Waals surface area contributed by atoms with Crippen molar-refractivity contribution in [2.75, 3.05) is 39.5 Å². The highest BCUT2D eigenvalue weighted by Crippen LogP contribution is 2.09. The molecular weight excluding hydrogens is 208 g/mol. The molecular formula is C11H20N2O3. The van der Waals surface area contributed by atoms with Crippen molar-refractivity contribution in [3.8, 4) is 0 Å². The molecule has 0 radical (unpaired) electrons. The van der Waals surface area contributed by atoms with Gasteiger partial charge in [0.2, 0.25) is 5.91 Å². The number of carbonyl (C=O) groups is 1. The summed E-state index contributed by atoms with van der Waals surface area (Å²) >= 11 is 0. The Hall–Kier alpha value is -0.650. The standard InChI is InChI=1S/C11H20N2O3/c14-11(9-2-1-3-12-6-9)13-7-10-8-15-4-5-16-10/h9-10,12H,1-8H2,(H,13,14)/t9-,10-/m0/s1. The lowest BCUT2D eigenvalue weighted by atomic mass is 9.99. The van der Waals surface area contributed by atoms with Crippen LogP contribution >= 0.6 is 0 Å². The first-order chi connectivity index (χ1) is 7.86. The zero-order chi connectivity index (χ0) is 11.2. The van der Waals surface area contributed by atoms with Crippen molar-refractivity contribution in [2.45, 2.75) is 18.9 Å². The lowest BCUT2D eigenvalue weighted by Crippen LogP contribution is -2.45. The van der Waals surface area contributed by atoms with E-state index in [1.807, 2.05) is 0 Å². The summed E-state index contributed by atoms with van der Waals surface area (Å²) in [6.07, 6.45) is 2.09. The van der Waals surface area contributed by atoms with Crippen molar-refractivity contribution >= 4 is 5.91 Å². The van der Waals surface area contributed by atoms with E-state index in [1.165, 1.54) is 0 Å². The second kappa shape index (κ2) is 6.18. The fourth-order valence-electron chi connectivity index (χ4n) is 2.09. The van der Waals surface area contributed by atoms with Crippen molar-refractivity contribution in [1.82, 2.24) is 10.6 Å². The van der Waals surface area contributed by atoms with Gasteiger partial charge in [-0.1, -0.05) is 0 Å². The Balaban J connectivity index is 1.65. The minimum Gasteiger partial charge on any atom is -0.376 e. The molecule has 0 aromatic heterocycles. The molecule has 2 atom stereocenters. The predicted octanol–water partition coefficient (Wildman–Crippen LogP) is -0.482. The van der Waals surface area contributed by atoms with Gasteiger partial charge in [0.05, 0.1) is 31.8 Å². The second-order valence-electron chi connectivity index (χ2n) is 4.36. The smallest absolute Gasteiger partial charge is 0.224 e. The molecule has 92 valence electrons. The van der Waals surface area contributed by atoms with E-state index in [-0.39, 0.29) is 17.9 Å². The molecule has 0 spiro atoms. The van der Waals surface area contributed by atoms with Crippen LogP contribution in [0.4, 0.5) is 0 Å². The molecule has 2 fully saturated rings. The van der Waals surface area contributed by atoms with E-state index in [4.69, 9.17) is 9.47 Å². The van der Waals surface area contributed by atoms with Crippen LogP contribution in [0.1, 0.15) is 12.8 Å². The molecule has 5 heteroatoms. The summed E-state index contributed by atoms with van der Waals surface area (Å²) < 4.78 is 10.7. The van der Waals surface area contributed by atoms with Gasteiger partial charge in [0.25, 0.3) is 0 Å². The van der Waals surface area contributed by atoms with Gasteiger partial charge < -0.3 is 20.1 Å². The summed E-state index contributed by atoms with van der Waals surface area (Å²) in [6, 6.07) is 0. The van der Waals surface area contributed by atoms with Crippen LogP contribution in [0.3, 0.4) is 0 Å². The molecule has 2 aliphatic heterocycles. The van der Waals surface area contributed by atoms with Crippen LogP contribution in [0.5, 0.6) is 0 Å². The Bertz CT molecular complexity index is 223. The third-order valence-electron chi connectivity index (χ3n) is 3.06. The van der Waals surface area contributed by atoms with Gasteiger partial charge in [-0.15, -0.1) is 0 Å². The van der Waals surface area contributed by atoms with Gasteiger partial charge in [0, 0.05) is 13.1 Å². The van der Waals surface area contributed by atoms with Gasteiger partial charge in [0.1, 0.15) is 0 Å². The van der Waals surface area contributed by atoms with Crippen LogP contribution in [0.15, 0.2) is 0 Å². The number of hydrogen-bond donors (Lipinski definition) is 2. The lowest BCUT2D eigenvalue weighted by Gasteiger charge is -2.25. The molecule has 2 N–H and O–H groups in total. The van der Waals surface area contributed by atoms with Crippen LogP contribution in [0.25, 0.3) is 0 Å². The lowest BCUT2D eigenvalue weighted by molar-refractivity contribution is -0.128. The summed E-state index contributed by atoms with van der Waals surface area (Å²) in [5, 5.41) is 6.18. The highest BCUT2D eigenvalue weighted by Gasteiger charge is 2.22. The highest BCUT2D eigenvalue weighted by molar-refractivity contribution is 5.78. The molecule has 0 aliphatic carbocycles. The average molecular weight is 228 g/mol. The quantitative estimate of drug-likeness (QED) is 0.685. The zero-order valence-corrected chi connectivity index (χ0v) is 9.54. The van der Waals surface area contributed by atoms with Crippen LogP contribution < -0.4 is 10.6 Å². The van der Waals surface area contributed by atoms with E-state index in [2.05, 4.69) is 10.6 Å². The minimum absolute atomic E-state index is 0.0225. The Morgan fingerprint density at radius 3 is 3.06 bits per heavy atom. The first-order valence-corrected chi connectivity index (χ1v) is 6.04. The molecule has 2 saturated heterocycles. The fraction of sp³-hybridized carbons (Fsp3) is 0.909. The SMILES string of the molecule is O=C(NC[C@H]1COCCO1)[C@H]1CCCNC1. The summed E-state index contributed by atoms with van der Waals surface area (Å²) in [7, 11) is 0. The summed E-state index contributed by atoms with van der Waals surface area (Å²) in [5.74, 6) is 0.264. The molecule has 5 nitrogen and oxygen atoms in total. The number of piperidine rings is 1. The first-order valence-electron chi connectivity index (χ1n) is 6.04. The Labute approximate surface area is 95.9 Å². The van der Waals surface area contributed by atoms with Crippen LogP contribution in [-0.2, 0) is 14.3 Å². The van der Waals surface area contributed by atoms with Crippen molar-refractivity contribution in [3.63, 3.8) is 0 Å². The van der Waals surface area contributed by atoms with E-state index in [1.54, 1.807) is 0 Å². The molecule has 0 saturated carbocycles.